The lowest BCUT2D eigenvalue weighted by Gasteiger charge is -2.16. The second-order valence-electron chi connectivity index (χ2n) is 11.9. The van der Waals surface area contributed by atoms with Crippen LogP contribution in [0.25, 0.3) is 0 Å². The van der Waals surface area contributed by atoms with Gasteiger partial charge in [-0.2, -0.15) is 0 Å². The third-order valence-corrected chi connectivity index (χ3v) is 8.05. The zero-order valence-electron chi connectivity index (χ0n) is 26.6. The van der Waals surface area contributed by atoms with Crippen molar-refractivity contribution in [2.75, 3.05) is 6.61 Å². The van der Waals surface area contributed by atoms with Crippen molar-refractivity contribution in [3.8, 4) is 0 Å². The first-order valence-electron chi connectivity index (χ1n) is 17.6. The highest BCUT2D eigenvalue weighted by Gasteiger charge is 2.19. The van der Waals surface area contributed by atoms with E-state index < -0.39 is 0 Å². The highest BCUT2D eigenvalue weighted by Crippen LogP contribution is 2.21. The molecule has 0 rings (SSSR count). The summed E-state index contributed by atoms with van der Waals surface area (Å²) in [7, 11) is 0. The molecule has 0 saturated heterocycles. The van der Waals surface area contributed by atoms with Gasteiger partial charge < -0.3 is 4.74 Å². The molecule has 0 bridgehead atoms. The number of hydrogen-bond donors (Lipinski definition) is 0. The standard InChI is InChI=1S/C36H70O2/c1-4-7-10-13-16-18-19-20-21-22-23-24-27-30-33-35(32-29-26-15-12-9-6-3)36(37)38-34-31-28-25-17-14-11-8-5-2/h20-21,35H,4-19,22-34H2,1-3H3/b21-20-. The van der Waals surface area contributed by atoms with E-state index in [4.69, 9.17) is 4.74 Å². The Hall–Kier alpha value is -0.790. The second-order valence-corrected chi connectivity index (χ2v) is 11.9. The number of esters is 1. The molecule has 0 aliphatic heterocycles. The van der Waals surface area contributed by atoms with Gasteiger partial charge in [-0.05, 0) is 44.9 Å². The molecule has 2 nitrogen and oxygen atoms in total. The lowest BCUT2D eigenvalue weighted by molar-refractivity contribution is -0.149. The number of rotatable bonds is 31. The first-order valence-corrected chi connectivity index (χ1v) is 17.6. The predicted molar refractivity (Wildman–Crippen MR) is 170 cm³/mol. The number of hydrogen-bond acceptors (Lipinski definition) is 2. The monoisotopic (exact) mass is 535 g/mol. The highest BCUT2D eigenvalue weighted by molar-refractivity contribution is 5.72. The molecule has 0 aromatic heterocycles. The van der Waals surface area contributed by atoms with E-state index in [9.17, 15) is 4.79 Å². The van der Waals surface area contributed by atoms with Crippen LogP contribution < -0.4 is 0 Å². The third-order valence-electron chi connectivity index (χ3n) is 8.05. The minimum atomic E-state index is 0.0964. The molecule has 0 aromatic carbocycles. The van der Waals surface area contributed by atoms with Crippen LogP contribution in [0.3, 0.4) is 0 Å². The molecule has 0 amide bonds. The van der Waals surface area contributed by atoms with Crippen LogP contribution in [-0.2, 0) is 9.53 Å². The number of ether oxygens (including phenoxy) is 1. The Balaban J connectivity index is 3.99. The van der Waals surface area contributed by atoms with Crippen molar-refractivity contribution in [1.82, 2.24) is 0 Å². The van der Waals surface area contributed by atoms with Crippen molar-refractivity contribution in [2.45, 2.75) is 201 Å². The summed E-state index contributed by atoms with van der Waals surface area (Å²) in [5.74, 6) is 0.228. The third kappa shape index (κ3) is 28.2. The molecule has 0 N–H and O–H groups in total. The van der Waals surface area contributed by atoms with Crippen LogP contribution in [0, 0.1) is 5.92 Å². The summed E-state index contributed by atoms with van der Waals surface area (Å²) in [5, 5.41) is 0. The highest BCUT2D eigenvalue weighted by atomic mass is 16.5. The van der Waals surface area contributed by atoms with Crippen molar-refractivity contribution in [3.63, 3.8) is 0 Å². The van der Waals surface area contributed by atoms with E-state index in [1.54, 1.807) is 0 Å². The van der Waals surface area contributed by atoms with E-state index in [2.05, 4.69) is 32.9 Å². The summed E-state index contributed by atoms with van der Waals surface area (Å²) < 4.78 is 5.77. The van der Waals surface area contributed by atoms with Gasteiger partial charge in [0.15, 0.2) is 0 Å². The van der Waals surface area contributed by atoms with E-state index in [1.807, 2.05) is 0 Å². The summed E-state index contributed by atoms with van der Waals surface area (Å²) in [6, 6.07) is 0. The predicted octanol–water partition coefficient (Wildman–Crippen LogP) is 12.7. The van der Waals surface area contributed by atoms with Gasteiger partial charge in [0.2, 0.25) is 0 Å². The van der Waals surface area contributed by atoms with Crippen molar-refractivity contribution in [1.29, 1.82) is 0 Å². The maximum absolute atomic E-state index is 12.9. The fourth-order valence-electron chi connectivity index (χ4n) is 5.36. The first kappa shape index (κ1) is 37.2. The molecular weight excluding hydrogens is 464 g/mol. The molecular formula is C36H70O2. The number of allylic oxidation sites excluding steroid dienone is 2. The van der Waals surface area contributed by atoms with Gasteiger partial charge in [0.1, 0.15) is 0 Å². The molecule has 2 heteroatoms. The summed E-state index contributed by atoms with van der Waals surface area (Å²) in [6.07, 6.45) is 40.7. The van der Waals surface area contributed by atoms with Crippen LogP contribution in [0.2, 0.25) is 0 Å². The molecule has 0 heterocycles. The average molecular weight is 535 g/mol. The largest absolute Gasteiger partial charge is 0.465 e. The zero-order valence-corrected chi connectivity index (χ0v) is 26.6. The fourth-order valence-corrected chi connectivity index (χ4v) is 5.36. The van der Waals surface area contributed by atoms with Crippen LogP contribution >= 0.6 is 0 Å². The molecule has 0 spiro atoms. The quantitative estimate of drug-likeness (QED) is 0.0502. The lowest BCUT2D eigenvalue weighted by atomic mass is 9.94. The topological polar surface area (TPSA) is 26.3 Å². The minimum absolute atomic E-state index is 0.0964. The van der Waals surface area contributed by atoms with Crippen LogP contribution in [0.5, 0.6) is 0 Å². The smallest absolute Gasteiger partial charge is 0.308 e. The summed E-state index contributed by atoms with van der Waals surface area (Å²) in [6.45, 7) is 7.45. The van der Waals surface area contributed by atoms with Crippen LogP contribution in [0.15, 0.2) is 12.2 Å². The van der Waals surface area contributed by atoms with Crippen LogP contribution in [-0.4, -0.2) is 12.6 Å². The molecule has 1 atom stereocenters. The van der Waals surface area contributed by atoms with E-state index >= 15 is 0 Å². The Morgan fingerprint density at radius 2 is 0.816 bits per heavy atom. The van der Waals surface area contributed by atoms with E-state index in [0.717, 1.165) is 19.3 Å². The van der Waals surface area contributed by atoms with Gasteiger partial charge in [0, 0.05) is 0 Å². The molecule has 226 valence electrons. The summed E-state index contributed by atoms with van der Waals surface area (Å²) in [5.41, 5.74) is 0. The zero-order chi connectivity index (χ0) is 27.8. The van der Waals surface area contributed by atoms with Gasteiger partial charge >= 0.3 is 5.97 Å². The SMILES string of the molecule is CCCCCCCC/C=C\CCCCCCC(CCCCCCCC)C(=O)OCCCCCCCCCC. The number of carbonyl (C=O) groups is 1. The minimum Gasteiger partial charge on any atom is -0.465 e. The molecule has 0 saturated carbocycles. The normalized spacial score (nSPS) is 12.4. The Labute approximate surface area is 240 Å². The molecule has 0 aromatic rings. The molecule has 0 fully saturated rings. The lowest BCUT2D eigenvalue weighted by Crippen LogP contribution is -2.18. The van der Waals surface area contributed by atoms with E-state index in [1.165, 1.54) is 161 Å². The Kier molecular flexibility index (Phi) is 31.7. The van der Waals surface area contributed by atoms with Gasteiger partial charge in [-0.1, -0.05) is 168 Å². The molecule has 38 heavy (non-hydrogen) atoms. The number of carbonyl (C=O) groups excluding carboxylic acids is 1. The van der Waals surface area contributed by atoms with Gasteiger partial charge in [0.25, 0.3) is 0 Å². The first-order chi connectivity index (χ1) is 18.8. The van der Waals surface area contributed by atoms with Gasteiger partial charge in [-0.3, -0.25) is 4.79 Å². The van der Waals surface area contributed by atoms with Crippen molar-refractivity contribution >= 4 is 5.97 Å². The van der Waals surface area contributed by atoms with Crippen LogP contribution in [0.4, 0.5) is 0 Å². The maximum Gasteiger partial charge on any atom is 0.308 e. The number of unbranched alkanes of at least 4 members (excludes halogenated alkanes) is 22. The van der Waals surface area contributed by atoms with Crippen LogP contribution in [0.1, 0.15) is 201 Å². The molecule has 0 radical (unpaired) electrons. The molecule has 1 unspecified atom stereocenters. The molecule has 0 aliphatic carbocycles. The van der Waals surface area contributed by atoms with E-state index in [-0.39, 0.29) is 11.9 Å². The van der Waals surface area contributed by atoms with Crippen molar-refractivity contribution < 1.29 is 9.53 Å². The maximum atomic E-state index is 12.9. The van der Waals surface area contributed by atoms with E-state index in [0.29, 0.717) is 6.61 Å². The van der Waals surface area contributed by atoms with Crippen molar-refractivity contribution in [3.05, 3.63) is 12.2 Å². The van der Waals surface area contributed by atoms with Gasteiger partial charge in [-0.15, -0.1) is 0 Å². The Morgan fingerprint density at radius 3 is 1.24 bits per heavy atom. The second kappa shape index (κ2) is 32.4. The van der Waals surface area contributed by atoms with Crippen molar-refractivity contribution in [2.24, 2.45) is 5.92 Å². The fraction of sp³-hybridized carbons (Fsp3) is 0.917. The Morgan fingerprint density at radius 1 is 0.474 bits per heavy atom. The summed E-state index contributed by atoms with van der Waals surface area (Å²) in [4.78, 5) is 12.9. The Bertz CT molecular complexity index is 484. The average Bonchev–Trinajstić information content (AvgIpc) is 2.92. The molecule has 0 aliphatic rings. The summed E-state index contributed by atoms with van der Waals surface area (Å²) >= 11 is 0. The van der Waals surface area contributed by atoms with Gasteiger partial charge in [0.05, 0.1) is 12.5 Å². The van der Waals surface area contributed by atoms with Gasteiger partial charge in [-0.25, -0.2) is 0 Å².